The van der Waals surface area contributed by atoms with Gasteiger partial charge in [0.15, 0.2) is 12.4 Å². The van der Waals surface area contributed by atoms with Crippen molar-refractivity contribution in [1.82, 2.24) is 0 Å². The fourth-order valence-electron chi connectivity index (χ4n) is 7.22. The summed E-state index contributed by atoms with van der Waals surface area (Å²) >= 11 is 6.39. The van der Waals surface area contributed by atoms with E-state index < -0.39 is 34.8 Å². The maximum atomic E-state index is 13.5. The Morgan fingerprint density at radius 3 is 2.53 bits per heavy atom. The molecule has 3 saturated carbocycles. The van der Waals surface area contributed by atoms with Crippen molar-refractivity contribution in [3.05, 3.63) is 10.6 Å². The van der Waals surface area contributed by atoms with Gasteiger partial charge in [-0.2, -0.15) is 0 Å². The zero-order chi connectivity index (χ0) is 22.1. The number of halogens is 1. The van der Waals surface area contributed by atoms with Crippen LogP contribution in [0.1, 0.15) is 65.7 Å². The molecule has 3 fully saturated rings. The Kier molecular flexibility index (Phi) is 5.06. The number of carbonyl (C=O) groups excluding carboxylic acids is 4. The van der Waals surface area contributed by atoms with Crippen LogP contribution in [-0.4, -0.2) is 40.6 Å². The fraction of sp³-hybridized carbons (Fsp3) is 0.739. The van der Waals surface area contributed by atoms with E-state index in [1.165, 1.54) is 6.92 Å². The molecule has 0 heterocycles. The van der Waals surface area contributed by atoms with E-state index in [1.54, 1.807) is 0 Å². The second kappa shape index (κ2) is 6.99. The third kappa shape index (κ3) is 2.79. The summed E-state index contributed by atoms with van der Waals surface area (Å²) in [6.45, 7) is 4.65. The van der Waals surface area contributed by atoms with E-state index in [4.69, 9.17) is 16.3 Å². The smallest absolute Gasteiger partial charge is 0.303 e. The summed E-state index contributed by atoms with van der Waals surface area (Å²) in [5.41, 5.74) is -2.08. The number of hydrogen-bond acceptors (Lipinski definition) is 6. The lowest BCUT2D eigenvalue weighted by Gasteiger charge is -2.57. The van der Waals surface area contributed by atoms with Gasteiger partial charge in [-0.25, -0.2) is 0 Å². The highest BCUT2D eigenvalue weighted by Crippen LogP contribution is 2.67. The van der Waals surface area contributed by atoms with Crippen molar-refractivity contribution in [3.63, 3.8) is 0 Å². The summed E-state index contributed by atoms with van der Waals surface area (Å²) in [5.74, 6) is -1.29. The van der Waals surface area contributed by atoms with Crippen LogP contribution in [0.25, 0.3) is 0 Å². The van der Waals surface area contributed by atoms with E-state index in [0.29, 0.717) is 30.7 Å². The van der Waals surface area contributed by atoms with Gasteiger partial charge in [0.2, 0.25) is 5.78 Å². The first-order valence-corrected chi connectivity index (χ1v) is 11.2. The summed E-state index contributed by atoms with van der Waals surface area (Å²) in [6.07, 6.45) is 3.38. The van der Waals surface area contributed by atoms with E-state index in [1.807, 2.05) is 6.92 Å². The van der Waals surface area contributed by atoms with Gasteiger partial charge in [-0.3, -0.25) is 19.2 Å². The molecule has 0 amide bonds. The first-order valence-electron chi connectivity index (χ1n) is 10.8. The second-order valence-corrected chi connectivity index (χ2v) is 10.5. The molecule has 4 aliphatic carbocycles. The molecule has 4 aliphatic rings. The Labute approximate surface area is 181 Å². The minimum absolute atomic E-state index is 0.0151. The number of rotatable bonds is 3. The van der Waals surface area contributed by atoms with Crippen molar-refractivity contribution in [2.24, 2.45) is 28.6 Å². The number of Topliss-reactive ketones (excluding diaryl/α,β-unsaturated/α-hetero) is 3. The highest BCUT2D eigenvalue weighted by Gasteiger charge is 2.68. The number of carbonyl (C=O) groups is 4. The Balaban J connectivity index is 1.69. The second-order valence-electron chi connectivity index (χ2n) is 10.1. The molecule has 6 atom stereocenters. The standard InChI is InChI=1S/C23H29ClO6/c1-12(25)30-11-18(28)23(29)9-6-14-13-4-5-15-20(24)16(26)7-8-21(15,2)19(13)17(27)10-22(14,23)3/h13-14,19,29H,4-11H2,1-3H3/t13-,14-,19+,21-,22-,23-/m0/s1. The SMILES string of the molecule is CC(=O)OCC(=O)[C@@]1(O)CC[C@H]2[C@@H]3CCC4=C(Cl)C(=O)CC[C@]4(C)[C@H]3C(=O)C[C@@]21C. The van der Waals surface area contributed by atoms with Crippen LogP contribution in [-0.2, 0) is 23.9 Å². The van der Waals surface area contributed by atoms with E-state index >= 15 is 0 Å². The minimum atomic E-state index is -1.68. The molecule has 0 unspecified atom stereocenters. The predicted octanol–water partition coefficient (Wildman–Crippen LogP) is 3.13. The molecule has 0 aliphatic heterocycles. The number of ether oxygens (including phenoxy) is 1. The molecule has 30 heavy (non-hydrogen) atoms. The molecular weight excluding hydrogens is 408 g/mol. The van der Waals surface area contributed by atoms with Gasteiger partial charge in [0.1, 0.15) is 11.4 Å². The van der Waals surface area contributed by atoms with E-state index in [-0.39, 0.29) is 42.2 Å². The van der Waals surface area contributed by atoms with Gasteiger partial charge in [0.05, 0.1) is 5.03 Å². The van der Waals surface area contributed by atoms with Crippen LogP contribution in [0.5, 0.6) is 0 Å². The summed E-state index contributed by atoms with van der Waals surface area (Å²) in [7, 11) is 0. The van der Waals surface area contributed by atoms with Crippen molar-refractivity contribution >= 4 is 34.9 Å². The Morgan fingerprint density at radius 1 is 1.17 bits per heavy atom. The van der Waals surface area contributed by atoms with Crippen LogP contribution in [0, 0.1) is 28.6 Å². The largest absolute Gasteiger partial charge is 0.458 e. The fourth-order valence-corrected chi connectivity index (χ4v) is 7.63. The highest BCUT2D eigenvalue weighted by molar-refractivity contribution is 6.43. The number of hydrogen-bond donors (Lipinski definition) is 1. The summed E-state index contributed by atoms with van der Waals surface area (Å²) in [5, 5.41) is 11.7. The van der Waals surface area contributed by atoms with Gasteiger partial charge >= 0.3 is 5.97 Å². The highest BCUT2D eigenvalue weighted by atomic mass is 35.5. The molecule has 0 radical (unpaired) electrons. The number of allylic oxidation sites excluding steroid dienone is 1. The normalized spacial score (nSPS) is 43.0. The van der Waals surface area contributed by atoms with E-state index in [9.17, 15) is 24.3 Å². The number of fused-ring (bicyclic) bond motifs is 5. The van der Waals surface area contributed by atoms with Crippen LogP contribution < -0.4 is 0 Å². The minimum Gasteiger partial charge on any atom is -0.458 e. The lowest BCUT2D eigenvalue weighted by Crippen LogP contribution is -2.61. The number of esters is 1. The summed E-state index contributed by atoms with van der Waals surface area (Å²) < 4.78 is 4.86. The van der Waals surface area contributed by atoms with Gasteiger partial charge in [-0.15, -0.1) is 0 Å². The maximum absolute atomic E-state index is 13.5. The molecule has 7 heteroatoms. The average Bonchev–Trinajstić information content (AvgIpc) is 2.94. The third-order valence-corrected chi connectivity index (χ3v) is 9.21. The molecule has 1 N–H and O–H groups in total. The molecule has 0 saturated heterocycles. The maximum Gasteiger partial charge on any atom is 0.303 e. The third-order valence-electron chi connectivity index (χ3n) is 8.77. The van der Waals surface area contributed by atoms with Crippen molar-refractivity contribution < 1.29 is 29.0 Å². The Hall–Kier alpha value is -1.53. The van der Waals surface area contributed by atoms with Crippen molar-refractivity contribution in [1.29, 1.82) is 0 Å². The molecule has 0 aromatic carbocycles. The predicted molar refractivity (Wildman–Crippen MR) is 108 cm³/mol. The van der Waals surface area contributed by atoms with Gasteiger partial charge in [0.25, 0.3) is 0 Å². The van der Waals surface area contributed by atoms with E-state index in [0.717, 1.165) is 12.0 Å². The quantitative estimate of drug-likeness (QED) is 0.682. The molecular formula is C23H29ClO6. The first kappa shape index (κ1) is 21.7. The molecule has 0 bridgehead atoms. The van der Waals surface area contributed by atoms with Gasteiger partial charge in [0, 0.05) is 36.5 Å². The Morgan fingerprint density at radius 2 is 1.87 bits per heavy atom. The number of ketones is 3. The summed E-state index contributed by atoms with van der Waals surface area (Å²) in [6, 6.07) is 0. The molecule has 0 spiro atoms. The average molecular weight is 437 g/mol. The van der Waals surface area contributed by atoms with Crippen LogP contribution in [0.3, 0.4) is 0 Å². The van der Waals surface area contributed by atoms with Crippen LogP contribution in [0.2, 0.25) is 0 Å². The van der Waals surface area contributed by atoms with E-state index in [2.05, 4.69) is 6.92 Å². The monoisotopic (exact) mass is 436 g/mol. The lowest BCUT2D eigenvalue weighted by molar-refractivity contribution is -0.173. The van der Waals surface area contributed by atoms with Gasteiger partial charge in [-0.05, 0) is 49.5 Å². The summed E-state index contributed by atoms with van der Waals surface area (Å²) in [4.78, 5) is 49.7. The van der Waals surface area contributed by atoms with Gasteiger partial charge < -0.3 is 9.84 Å². The molecule has 0 aromatic heterocycles. The van der Waals surface area contributed by atoms with Crippen molar-refractivity contribution in [3.8, 4) is 0 Å². The first-order chi connectivity index (χ1) is 14.0. The number of aliphatic hydroxyl groups is 1. The topological polar surface area (TPSA) is 97.7 Å². The van der Waals surface area contributed by atoms with Crippen LogP contribution in [0.4, 0.5) is 0 Å². The Bertz CT molecular complexity index is 877. The lowest BCUT2D eigenvalue weighted by atomic mass is 9.46. The van der Waals surface area contributed by atoms with Crippen LogP contribution in [0.15, 0.2) is 10.6 Å². The van der Waals surface area contributed by atoms with Crippen LogP contribution >= 0.6 is 11.6 Å². The molecule has 164 valence electrons. The molecule has 0 aromatic rings. The van der Waals surface area contributed by atoms with Crippen molar-refractivity contribution in [2.75, 3.05) is 6.61 Å². The zero-order valence-electron chi connectivity index (χ0n) is 17.8. The zero-order valence-corrected chi connectivity index (χ0v) is 18.5. The molecule has 6 nitrogen and oxygen atoms in total. The van der Waals surface area contributed by atoms with Crippen molar-refractivity contribution in [2.45, 2.75) is 71.3 Å². The van der Waals surface area contributed by atoms with Gasteiger partial charge in [-0.1, -0.05) is 25.4 Å². The molecule has 4 rings (SSSR count).